The van der Waals surface area contributed by atoms with Crippen molar-refractivity contribution in [2.24, 2.45) is 11.8 Å². The van der Waals surface area contributed by atoms with Crippen LogP contribution in [0.5, 0.6) is 0 Å². The van der Waals surface area contributed by atoms with Crippen LogP contribution in [-0.4, -0.2) is 39.1 Å². The van der Waals surface area contributed by atoms with Crippen LogP contribution in [-0.2, 0) is 6.54 Å². The molecule has 1 saturated heterocycles. The number of aryl methyl sites for hydroxylation is 1. The molecule has 0 saturated carbocycles. The number of H-pyrrole nitrogens is 1. The maximum Gasteiger partial charge on any atom is 0.251 e. The summed E-state index contributed by atoms with van der Waals surface area (Å²) < 4.78 is 1.94. The Kier molecular flexibility index (Phi) is 4.31. The molecule has 0 unspecified atom stereocenters. The second-order valence-electron chi connectivity index (χ2n) is 8.24. The summed E-state index contributed by atoms with van der Waals surface area (Å²) in [6.45, 7) is 10.2. The van der Waals surface area contributed by atoms with Gasteiger partial charge in [0.25, 0.3) is 11.1 Å². The van der Waals surface area contributed by atoms with Gasteiger partial charge in [-0.3, -0.25) is 9.59 Å². The van der Waals surface area contributed by atoms with E-state index < -0.39 is 0 Å². The summed E-state index contributed by atoms with van der Waals surface area (Å²) in [6, 6.07) is 5.16. The van der Waals surface area contributed by atoms with Gasteiger partial charge in [-0.25, -0.2) is 4.98 Å². The highest BCUT2D eigenvalue weighted by Gasteiger charge is 2.35. The van der Waals surface area contributed by atoms with Crippen molar-refractivity contribution in [3.8, 4) is 11.3 Å². The summed E-state index contributed by atoms with van der Waals surface area (Å²) in [4.78, 5) is 34.2. The van der Waals surface area contributed by atoms with Crippen LogP contribution in [0.2, 0.25) is 0 Å². The van der Waals surface area contributed by atoms with Crippen LogP contribution in [0.1, 0.15) is 37.7 Å². The zero-order valence-electron chi connectivity index (χ0n) is 15.7. The van der Waals surface area contributed by atoms with Crippen LogP contribution in [0.3, 0.4) is 0 Å². The third-order valence-corrected chi connectivity index (χ3v) is 5.41. The van der Waals surface area contributed by atoms with Crippen molar-refractivity contribution in [3.05, 3.63) is 50.4 Å². The van der Waals surface area contributed by atoms with Crippen LogP contribution < -0.4 is 11.1 Å². The van der Waals surface area contributed by atoms with Gasteiger partial charge in [0, 0.05) is 55.5 Å². The van der Waals surface area contributed by atoms with Gasteiger partial charge >= 0.3 is 0 Å². The fraction of sp³-hybridized carbons (Fsp3) is 0.550. The number of rotatable bonds is 3. The first-order valence-corrected chi connectivity index (χ1v) is 9.44. The van der Waals surface area contributed by atoms with Crippen molar-refractivity contribution in [1.82, 2.24) is 19.4 Å². The van der Waals surface area contributed by atoms with Crippen LogP contribution in [0.25, 0.3) is 11.3 Å². The van der Waals surface area contributed by atoms with Crippen LogP contribution in [0, 0.1) is 18.8 Å². The molecule has 2 aliphatic heterocycles. The lowest BCUT2D eigenvalue weighted by Gasteiger charge is -2.43. The predicted octanol–water partition coefficient (Wildman–Crippen LogP) is 1.98. The van der Waals surface area contributed by atoms with E-state index in [0.29, 0.717) is 29.3 Å². The third kappa shape index (κ3) is 3.26. The molecule has 0 aliphatic carbocycles. The smallest absolute Gasteiger partial charge is 0.251 e. The van der Waals surface area contributed by atoms with E-state index in [0.717, 1.165) is 43.9 Å². The maximum absolute atomic E-state index is 12.8. The number of pyridine rings is 1. The van der Waals surface area contributed by atoms with E-state index in [1.54, 1.807) is 13.0 Å². The molecular weight excluding hydrogens is 328 g/mol. The van der Waals surface area contributed by atoms with Crippen molar-refractivity contribution in [2.75, 3.05) is 19.6 Å². The number of likely N-dealkylation sites (tertiary alicyclic amines) is 1. The van der Waals surface area contributed by atoms with Gasteiger partial charge < -0.3 is 14.5 Å². The highest BCUT2D eigenvalue weighted by atomic mass is 16.1. The number of aromatic nitrogens is 3. The summed E-state index contributed by atoms with van der Waals surface area (Å²) >= 11 is 0. The molecule has 0 radical (unpaired) electrons. The zero-order chi connectivity index (χ0) is 18.4. The van der Waals surface area contributed by atoms with E-state index in [4.69, 9.17) is 0 Å². The number of piperidine rings is 1. The lowest BCUT2D eigenvalue weighted by Crippen LogP contribution is -2.48. The number of fused-ring (bicyclic) bond motifs is 4. The first-order chi connectivity index (χ1) is 12.4. The average Bonchev–Trinajstić information content (AvgIpc) is 2.54. The molecule has 6 heteroatoms. The number of aromatic amines is 1. The molecule has 4 rings (SSSR count). The Labute approximate surface area is 152 Å². The first-order valence-electron chi connectivity index (χ1n) is 9.44. The monoisotopic (exact) mass is 354 g/mol. The summed E-state index contributed by atoms with van der Waals surface area (Å²) in [6.07, 6.45) is 1.14. The fourth-order valence-corrected chi connectivity index (χ4v) is 4.60. The highest BCUT2D eigenvalue weighted by Crippen LogP contribution is 2.36. The molecule has 0 amide bonds. The Hall–Kier alpha value is -2.21. The minimum atomic E-state index is -0.189. The predicted molar refractivity (Wildman–Crippen MR) is 101 cm³/mol. The number of nitrogens with zero attached hydrogens (tertiary/aromatic N) is 3. The molecule has 2 aromatic rings. The normalized spacial score (nSPS) is 22.5. The van der Waals surface area contributed by atoms with Crippen LogP contribution in [0.4, 0.5) is 0 Å². The minimum Gasteiger partial charge on any atom is -0.312 e. The second-order valence-corrected chi connectivity index (χ2v) is 8.24. The molecule has 6 nitrogen and oxygen atoms in total. The van der Waals surface area contributed by atoms with Gasteiger partial charge in [0.1, 0.15) is 5.82 Å². The van der Waals surface area contributed by atoms with Crippen molar-refractivity contribution in [2.45, 2.75) is 39.7 Å². The van der Waals surface area contributed by atoms with Crippen LogP contribution >= 0.6 is 0 Å². The maximum atomic E-state index is 12.8. The van der Waals surface area contributed by atoms with E-state index in [1.807, 2.05) is 4.57 Å². The lowest BCUT2D eigenvalue weighted by molar-refractivity contribution is 0.109. The summed E-state index contributed by atoms with van der Waals surface area (Å²) in [5.41, 5.74) is 2.24. The molecule has 2 bridgehead atoms. The van der Waals surface area contributed by atoms with Crippen molar-refractivity contribution < 1.29 is 0 Å². The summed E-state index contributed by atoms with van der Waals surface area (Å²) in [5, 5.41) is 0. The molecule has 2 aromatic heterocycles. The van der Waals surface area contributed by atoms with Gasteiger partial charge in [-0.2, -0.15) is 0 Å². The molecule has 1 fully saturated rings. The molecule has 4 heterocycles. The Morgan fingerprint density at radius 2 is 2.00 bits per heavy atom. The molecule has 1 N–H and O–H groups in total. The van der Waals surface area contributed by atoms with Crippen LogP contribution in [0.15, 0.2) is 27.8 Å². The largest absolute Gasteiger partial charge is 0.312 e. The number of hydrogen-bond acceptors (Lipinski definition) is 4. The Bertz CT molecular complexity index is 944. The van der Waals surface area contributed by atoms with Gasteiger partial charge in [-0.1, -0.05) is 13.8 Å². The second kappa shape index (κ2) is 6.50. The number of nitrogens with one attached hydrogen (secondary N) is 1. The standard InChI is InChI=1S/C20H26N4O2/c1-12(2)8-23-9-14-4-16(11-23)18-5-15(6-20(26)24(18)10-14)17-7-19(25)22-13(3)21-17/h5-7,12,14,16H,4,8-11H2,1-3H3,(H,21,22,25)/t14-,16+/m0/s1. The van der Waals surface area contributed by atoms with E-state index in [2.05, 4.69) is 34.8 Å². The molecule has 138 valence electrons. The third-order valence-electron chi connectivity index (χ3n) is 5.41. The Morgan fingerprint density at radius 3 is 2.73 bits per heavy atom. The lowest BCUT2D eigenvalue weighted by atomic mass is 9.82. The summed E-state index contributed by atoms with van der Waals surface area (Å²) in [5.74, 6) is 2.12. The topological polar surface area (TPSA) is 71.0 Å². The fourth-order valence-electron chi connectivity index (χ4n) is 4.60. The molecular formula is C20H26N4O2. The average molecular weight is 354 g/mol. The van der Waals surface area contributed by atoms with E-state index >= 15 is 0 Å². The molecule has 0 spiro atoms. The van der Waals surface area contributed by atoms with Gasteiger partial charge in [0.05, 0.1) is 5.69 Å². The van der Waals surface area contributed by atoms with E-state index in [1.165, 1.54) is 6.07 Å². The molecule has 26 heavy (non-hydrogen) atoms. The molecule has 2 atom stereocenters. The van der Waals surface area contributed by atoms with E-state index in [9.17, 15) is 9.59 Å². The number of hydrogen-bond donors (Lipinski definition) is 1. The highest BCUT2D eigenvalue weighted by molar-refractivity contribution is 5.59. The van der Waals surface area contributed by atoms with E-state index in [-0.39, 0.29) is 11.1 Å². The van der Waals surface area contributed by atoms with Gasteiger partial charge in [-0.15, -0.1) is 0 Å². The SMILES string of the molecule is Cc1nc(-c2cc3n(c(=O)c2)C[C@H]2C[C@@H]3CN(CC(C)C)C2)cc(=O)[nH]1. The first kappa shape index (κ1) is 17.2. The van der Waals surface area contributed by atoms with Gasteiger partial charge in [0.15, 0.2) is 0 Å². The minimum absolute atomic E-state index is 0.0178. The van der Waals surface area contributed by atoms with Crippen molar-refractivity contribution >= 4 is 0 Å². The van der Waals surface area contributed by atoms with Crippen molar-refractivity contribution in [3.63, 3.8) is 0 Å². The Balaban J connectivity index is 1.74. The molecule has 2 aliphatic rings. The molecule has 0 aromatic carbocycles. The Morgan fingerprint density at radius 1 is 1.19 bits per heavy atom. The quantitative estimate of drug-likeness (QED) is 0.915. The van der Waals surface area contributed by atoms with Gasteiger partial charge in [0.2, 0.25) is 0 Å². The van der Waals surface area contributed by atoms with Gasteiger partial charge in [-0.05, 0) is 31.2 Å². The van der Waals surface area contributed by atoms with Crippen molar-refractivity contribution in [1.29, 1.82) is 0 Å². The zero-order valence-corrected chi connectivity index (χ0v) is 15.7. The summed E-state index contributed by atoms with van der Waals surface area (Å²) in [7, 11) is 0.